The Hall–Kier alpha value is 0.0300. The summed E-state index contributed by atoms with van der Waals surface area (Å²) in [5.74, 6) is 0. The maximum Gasteiger partial charge on any atom is 0.107 e. The first-order valence-electron chi connectivity index (χ1n) is 3.81. The minimum absolute atomic E-state index is 0.334. The topological polar surface area (TPSA) is 15.3 Å². The van der Waals surface area contributed by atoms with Crippen molar-refractivity contribution in [2.24, 2.45) is 0 Å². The van der Waals surface area contributed by atoms with Gasteiger partial charge in [0.1, 0.15) is 10.9 Å². The van der Waals surface area contributed by atoms with Gasteiger partial charge in [-0.05, 0) is 18.0 Å². The fraction of sp³-hybridized carbons (Fsp3) is 0.429. The number of halogens is 2. The summed E-state index contributed by atoms with van der Waals surface area (Å²) in [7, 11) is 0. The molecule has 0 aliphatic carbocycles. The predicted octanol–water partition coefficient (Wildman–Crippen LogP) is 2.75. The van der Waals surface area contributed by atoms with Crippen LogP contribution in [0, 0.1) is 0 Å². The number of nitrogens with zero attached hydrogens (tertiary/aromatic N) is 1. The van der Waals surface area contributed by atoms with Gasteiger partial charge in [-0.3, -0.25) is 0 Å². The molecule has 0 spiro atoms. The first-order chi connectivity index (χ1) is 6.31. The Kier molecular flexibility index (Phi) is 2.98. The van der Waals surface area contributed by atoms with E-state index in [1.807, 2.05) is 11.0 Å². The van der Waals surface area contributed by atoms with Crippen molar-refractivity contribution in [1.82, 2.24) is 4.72 Å². The van der Waals surface area contributed by atoms with Crippen LogP contribution in [0.4, 0.5) is 10.1 Å². The van der Waals surface area contributed by atoms with Crippen LogP contribution < -0.4 is 9.62 Å². The average Bonchev–Trinajstić information content (AvgIpc) is 2.47. The van der Waals surface area contributed by atoms with Crippen LogP contribution in [0.15, 0.2) is 10.3 Å². The van der Waals surface area contributed by atoms with Crippen molar-refractivity contribution in [1.29, 1.82) is 0 Å². The summed E-state index contributed by atoms with van der Waals surface area (Å²) in [6.45, 7) is 0.765. The van der Waals surface area contributed by atoms with Crippen molar-refractivity contribution in [2.45, 2.75) is 4.21 Å². The molecule has 1 aromatic rings. The number of rotatable bonds is 2. The predicted molar refractivity (Wildman–Crippen MR) is 56.5 cm³/mol. The van der Waals surface area contributed by atoms with E-state index in [-0.39, 0.29) is 6.67 Å². The fourth-order valence-corrected chi connectivity index (χ4v) is 3.56. The van der Waals surface area contributed by atoms with Crippen LogP contribution in [0.1, 0.15) is 0 Å². The van der Waals surface area contributed by atoms with Crippen LogP contribution in [0.5, 0.6) is 0 Å². The number of hydrogen-bond acceptors (Lipinski definition) is 4. The van der Waals surface area contributed by atoms with Crippen LogP contribution in [-0.2, 0) is 0 Å². The van der Waals surface area contributed by atoms with E-state index in [0.29, 0.717) is 13.2 Å². The van der Waals surface area contributed by atoms with Gasteiger partial charge < -0.3 is 4.90 Å². The van der Waals surface area contributed by atoms with Gasteiger partial charge in [0.2, 0.25) is 0 Å². The molecule has 2 heterocycles. The Labute approximate surface area is 89.2 Å². The van der Waals surface area contributed by atoms with Crippen molar-refractivity contribution in [3.63, 3.8) is 0 Å². The molecular weight excluding hydrogens is 231 g/mol. The van der Waals surface area contributed by atoms with E-state index in [4.69, 9.17) is 11.6 Å². The molecule has 1 aliphatic heterocycles. The molecule has 0 saturated heterocycles. The number of fused-ring (bicyclic) bond motifs is 1. The second-order valence-electron chi connectivity index (χ2n) is 2.58. The van der Waals surface area contributed by atoms with Gasteiger partial charge in [0.25, 0.3) is 0 Å². The van der Waals surface area contributed by atoms with Crippen LogP contribution in [-0.4, -0.2) is 19.9 Å². The van der Waals surface area contributed by atoms with Gasteiger partial charge in [0.15, 0.2) is 0 Å². The van der Waals surface area contributed by atoms with Crippen LogP contribution in [0.25, 0.3) is 0 Å². The molecule has 1 N–H and O–H groups in total. The largest absolute Gasteiger partial charge is 0.354 e. The molecule has 0 unspecified atom stereocenters. The van der Waals surface area contributed by atoms with E-state index < -0.39 is 0 Å². The number of nitrogens with one attached hydrogen (secondary N) is 1. The van der Waals surface area contributed by atoms with Gasteiger partial charge in [-0.2, -0.15) is 0 Å². The first kappa shape index (κ1) is 9.58. The molecule has 0 atom stereocenters. The minimum atomic E-state index is -0.334. The Bertz CT molecular complexity index is 305. The van der Waals surface area contributed by atoms with Crippen molar-refractivity contribution < 1.29 is 4.39 Å². The monoisotopic (exact) mass is 238 g/mol. The highest BCUT2D eigenvalue weighted by atomic mass is 35.5. The Balaban J connectivity index is 2.25. The number of thiophene rings is 1. The summed E-state index contributed by atoms with van der Waals surface area (Å²) < 4.78 is 17.2. The first-order valence-corrected chi connectivity index (χ1v) is 5.82. The summed E-state index contributed by atoms with van der Waals surface area (Å²) in [5.41, 5.74) is 1.05. The van der Waals surface area contributed by atoms with E-state index in [1.54, 1.807) is 11.9 Å². The van der Waals surface area contributed by atoms with Crippen molar-refractivity contribution in [2.75, 3.05) is 24.8 Å². The van der Waals surface area contributed by atoms with Crippen LogP contribution in [0.2, 0.25) is 4.34 Å². The molecule has 2 nitrogen and oxygen atoms in total. The van der Waals surface area contributed by atoms with Crippen molar-refractivity contribution in [3.8, 4) is 0 Å². The van der Waals surface area contributed by atoms with Gasteiger partial charge in [0, 0.05) is 6.54 Å². The maximum atomic E-state index is 12.2. The molecule has 0 amide bonds. The van der Waals surface area contributed by atoms with Gasteiger partial charge in [0.05, 0.1) is 16.7 Å². The van der Waals surface area contributed by atoms with Gasteiger partial charge in [-0.25, -0.2) is 9.11 Å². The zero-order valence-electron chi connectivity index (χ0n) is 6.72. The van der Waals surface area contributed by atoms with Crippen LogP contribution >= 0.6 is 34.9 Å². The summed E-state index contributed by atoms with van der Waals surface area (Å²) >= 11 is 8.95. The van der Waals surface area contributed by atoms with Gasteiger partial charge in [-0.15, -0.1) is 11.3 Å². The van der Waals surface area contributed by atoms with Crippen LogP contribution in [0.3, 0.4) is 0 Å². The lowest BCUT2D eigenvalue weighted by Crippen LogP contribution is -2.35. The lowest BCUT2D eigenvalue weighted by atomic mass is 10.4. The molecule has 0 fully saturated rings. The third-order valence-corrected chi connectivity index (χ3v) is 3.98. The smallest absolute Gasteiger partial charge is 0.107 e. The number of hydrogen-bond donors (Lipinski definition) is 1. The molecule has 0 aromatic carbocycles. The molecule has 1 aliphatic rings. The van der Waals surface area contributed by atoms with E-state index >= 15 is 0 Å². The summed E-state index contributed by atoms with van der Waals surface area (Å²) in [6.07, 6.45) is 0. The molecule has 1 aromatic heterocycles. The molecule has 72 valence electrons. The lowest BCUT2D eigenvalue weighted by Gasteiger charge is -2.27. The molecule has 13 heavy (non-hydrogen) atoms. The van der Waals surface area contributed by atoms with E-state index in [1.165, 1.54) is 11.3 Å². The summed E-state index contributed by atoms with van der Waals surface area (Å²) in [4.78, 5) is 1.95. The molecule has 6 heteroatoms. The molecule has 0 saturated carbocycles. The lowest BCUT2D eigenvalue weighted by molar-refractivity contribution is 0.488. The Morgan fingerprint density at radius 1 is 1.69 bits per heavy atom. The third kappa shape index (κ3) is 1.93. The molecule has 0 radical (unpaired) electrons. The molecular formula is C7H8ClFN2S2. The second kappa shape index (κ2) is 4.04. The Morgan fingerprint density at radius 3 is 3.31 bits per heavy atom. The quantitative estimate of drug-likeness (QED) is 0.798. The minimum Gasteiger partial charge on any atom is -0.354 e. The fourth-order valence-electron chi connectivity index (χ4n) is 1.19. The zero-order valence-corrected chi connectivity index (χ0v) is 9.11. The van der Waals surface area contributed by atoms with E-state index in [9.17, 15) is 4.39 Å². The van der Waals surface area contributed by atoms with E-state index in [2.05, 4.69) is 4.72 Å². The third-order valence-electron chi connectivity index (χ3n) is 1.76. The van der Waals surface area contributed by atoms with Gasteiger partial charge >= 0.3 is 0 Å². The second-order valence-corrected chi connectivity index (χ2v) is 5.42. The number of anilines is 1. The Morgan fingerprint density at radius 2 is 2.54 bits per heavy atom. The van der Waals surface area contributed by atoms with Crippen molar-refractivity contribution in [3.05, 3.63) is 10.4 Å². The van der Waals surface area contributed by atoms with Gasteiger partial charge in [-0.1, -0.05) is 11.6 Å². The normalized spacial score (nSPS) is 16.0. The average molecular weight is 239 g/mol. The summed E-state index contributed by atoms with van der Waals surface area (Å²) in [5, 5.41) is 0. The molecule has 2 rings (SSSR count). The summed E-state index contributed by atoms with van der Waals surface area (Å²) in [6, 6.07) is 1.89. The highest BCUT2D eigenvalue weighted by Crippen LogP contribution is 2.41. The SMILES string of the molecule is FCCN1CNSc2sc(Cl)cc21. The maximum absolute atomic E-state index is 12.2. The standard InChI is InChI=1S/C7H8ClFN2S2/c8-6-3-5-7(12-6)13-10-4-11(5)2-1-9/h3,10H,1-2,4H2. The van der Waals surface area contributed by atoms with Crippen molar-refractivity contribution >= 4 is 40.6 Å². The van der Waals surface area contributed by atoms with E-state index in [0.717, 1.165) is 14.2 Å². The highest BCUT2D eigenvalue weighted by molar-refractivity contribution is 7.99. The zero-order chi connectivity index (χ0) is 9.26. The molecule has 0 bridgehead atoms. The highest BCUT2D eigenvalue weighted by Gasteiger charge is 2.19. The number of alkyl halides is 1.